The number of nitrogens with zero attached hydrogens (tertiary/aromatic N) is 1. The minimum atomic E-state index is -0.514. The number of rotatable bonds is 7. The molecule has 5 nitrogen and oxygen atoms in total. The molecule has 1 aliphatic heterocycles. The van der Waals surface area contributed by atoms with Crippen molar-refractivity contribution in [3.63, 3.8) is 0 Å². The molecule has 6 heteroatoms. The Labute approximate surface area is 132 Å². The summed E-state index contributed by atoms with van der Waals surface area (Å²) in [4.78, 5) is 26.3. The molecule has 0 radical (unpaired) electrons. The van der Waals surface area contributed by atoms with Gasteiger partial charge in [0.2, 0.25) is 5.91 Å². The molecule has 0 bridgehead atoms. The van der Waals surface area contributed by atoms with Crippen molar-refractivity contribution in [3.05, 3.63) is 0 Å². The van der Waals surface area contributed by atoms with Crippen molar-refractivity contribution in [2.75, 3.05) is 19.7 Å². The molecule has 1 saturated heterocycles. The molecule has 122 valence electrons. The van der Waals surface area contributed by atoms with E-state index < -0.39 is 12.1 Å². The largest absolute Gasteiger partial charge is 0.450 e. The lowest BCUT2D eigenvalue weighted by Gasteiger charge is -2.28. The summed E-state index contributed by atoms with van der Waals surface area (Å²) in [5.74, 6) is 0.0154. The van der Waals surface area contributed by atoms with Gasteiger partial charge < -0.3 is 15.0 Å². The monoisotopic (exact) mass is 316 g/mol. The SMILES string of the molecule is CCCOC(=O)NC(C(=O)N1CCCC1)C(C)SC(C)C. The molecule has 2 amide bonds. The van der Waals surface area contributed by atoms with Crippen molar-refractivity contribution in [2.45, 2.75) is 63.5 Å². The Kier molecular flexibility index (Phi) is 7.93. The van der Waals surface area contributed by atoms with Crippen LogP contribution < -0.4 is 5.32 Å². The van der Waals surface area contributed by atoms with Crippen LogP contribution in [-0.2, 0) is 9.53 Å². The predicted molar refractivity (Wildman–Crippen MR) is 86.6 cm³/mol. The van der Waals surface area contributed by atoms with Crippen molar-refractivity contribution in [2.24, 2.45) is 0 Å². The molecule has 2 atom stereocenters. The zero-order valence-corrected chi connectivity index (χ0v) is 14.4. The summed E-state index contributed by atoms with van der Waals surface area (Å²) in [7, 11) is 0. The predicted octanol–water partition coefficient (Wildman–Crippen LogP) is 2.64. The first-order valence-corrected chi connectivity index (χ1v) is 8.77. The summed E-state index contributed by atoms with van der Waals surface area (Å²) in [5, 5.41) is 3.19. The van der Waals surface area contributed by atoms with Crippen LogP contribution in [0.2, 0.25) is 0 Å². The van der Waals surface area contributed by atoms with Gasteiger partial charge in [-0.3, -0.25) is 4.79 Å². The van der Waals surface area contributed by atoms with Gasteiger partial charge in [0.15, 0.2) is 0 Å². The smallest absolute Gasteiger partial charge is 0.407 e. The molecule has 0 aromatic heterocycles. The van der Waals surface area contributed by atoms with Crippen LogP contribution in [0.15, 0.2) is 0 Å². The number of thioether (sulfide) groups is 1. The quantitative estimate of drug-likeness (QED) is 0.784. The second kappa shape index (κ2) is 9.18. The van der Waals surface area contributed by atoms with Gasteiger partial charge in [0.25, 0.3) is 0 Å². The van der Waals surface area contributed by atoms with Crippen LogP contribution in [0.5, 0.6) is 0 Å². The highest BCUT2D eigenvalue weighted by atomic mass is 32.2. The molecule has 2 unspecified atom stereocenters. The van der Waals surface area contributed by atoms with Crippen LogP contribution in [-0.4, -0.2) is 53.1 Å². The van der Waals surface area contributed by atoms with Crippen LogP contribution in [0.3, 0.4) is 0 Å². The standard InChI is InChI=1S/C15H28N2O3S/c1-5-10-20-15(19)16-13(12(4)21-11(2)3)14(18)17-8-6-7-9-17/h11-13H,5-10H2,1-4H3,(H,16,19). The number of ether oxygens (including phenoxy) is 1. The lowest BCUT2D eigenvalue weighted by molar-refractivity contribution is -0.132. The van der Waals surface area contributed by atoms with Gasteiger partial charge >= 0.3 is 6.09 Å². The van der Waals surface area contributed by atoms with E-state index in [4.69, 9.17) is 4.74 Å². The van der Waals surface area contributed by atoms with Crippen molar-refractivity contribution < 1.29 is 14.3 Å². The lowest BCUT2D eigenvalue weighted by atomic mass is 10.2. The minimum absolute atomic E-state index is 0.0154. The van der Waals surface area contributed by atoms with Gasteiger partial charge in [-0.2, -0.15) is 11.8 Å². The van der Waals surface area contributed by atoms with E-state index in [1.54, 1.807) is 11.8 Å². The number of nitrogens with one attached hydrogen (secondary N) is 1. The maximum Gasteiger partial charge on any atom is 0.407 e. The maximum absolute atomic E-state index is 12.6. The summed E-state index contributed by atoms with van der Waals surface area (Å²) in [5.41, 5.74) is 0. The Morgan fingerprint density at radius 2 is 1.86 bits per heavy atom. The first kappa shape index (κ1) is 18.1. The molecule has 1 fully saturated rings. The van der Waals surface area contributed by atoms with Gasteiger partial charge in [-0.05, 0) is 24.5 Å². The van der Waals surface area contributed by atoms with Gasteiger partial charge in [-0.1, -0.05) is 27.7 Å². The molecule has 0 aliphatic carbocycles. The van der Waals surface area contributed by atoms with Crippen molar-refractivity contribution >= 4 is 23.8 Å². The highest BCUT2D eigenvalue weighted by Gasteiger charge is 2.33. The second-order valence-corrected chi connectivity index (χ2v) is 7.64. The summed E-state index contributed by atoms with van der Waals surface area (Å²) in [6.07, 6.45) is 2.37. The Balaban J connectivity index is 2.68. The summed E-state index contributed by atoms with van der Waals surface area (Å²) >= 11 is 1.70. The van der Waals surface area contributed by atoms with Crippen molar-refractivity contribution in [3.8, 4) is 0 Å². The molecule has 0 saturated carbocycles. The molecular formula is C15H28N2O3S. The molecule has 1 aliphatic rings. The molecule has 0 aromatic carbocycles. The molecule has 21 heavy (non-hydrogen) atoms. The van der Waals surface area contributed by atoms with E-state index in [0.717, 1.165) is 32.4 Å². The number of likely N-dealkylation sites (tertiary alicyclic amines) is 1. The van der Waals surface area contributed by atoms with Crippen LogP contribution in [0.25, 0.3) is 0 Å². The fourth-order valence-electron chi connectivity index (χ4n) is 2.39. The Morgan fingerprint density at radius 3 is 2.38 bits per heavy atom. The highest BCUT2D eigenvalue weighted by Crippen LogP contribution is 2.22. The van der Waals surface area contributed by atoms with E-state index in [9.17, 15) is 9.59 Å². The molecule has 0 aromatic rings. The number of hydrogen-bond donors (Lipinski definition) is 1. The topological polar surface area (TPSA) is 58.6 Å². The first-order chi connectivity index (χ1) is 9.95. The number of carbonyl (C=O) groups is 2. The Morgan fingerprint density at radius 1 is 1.24 bits per heavy atom. The van der Waals surface area contributed by atoms with E-state index in [-0.39, 0.29) is 11.2 Å². The normalized spacial score (nSPS) is 17.7. The third-order valence-corrected chi connectivity index (χ3v) is 4.60. The van der Waals surface area contributed by atoms with Crippen LogP contribution in [0, 0.1) is 0 Å². The van der Waals surface area contributed by atoms with E-state index in [0.29, 0.717) is 11.9 Å². The van der Waals surface area contributed by atoms with Gasteiger partial charge in [-0.15, -0.1) is 0 Å². The van der Waals surface area contributed by atoms with Crippen LogP contribution in [0.4, 0.5) is 4.79 Å². The van der Waals surface area contributed by atoms with E-state index in [2.05, 4.69) is 19.2 Å². The Hall–Kier alpha value is -0.910. The minimum Gasteiger partial charge on any atom is -0.450 e. The third kappa shape index (κ3) is 6.16. The van der Waals surface area contributed by atoms with E-state index in [1.807, 2.05) is 18.7 Å². The molecule has 1 heterocycles. The highest BCUT2D eigenvalue weighted by molar-refractivity contribution is 8.00. The van der Waals surface area contributed by atoms with Crippen molar-refractivity contribution in [1.82, 2.24) is 10.2 Å². The zero-order valence-electron chi connectivity index (χ0n) is 13.6. The number of hydrogen-bond acceptors (Lipinski definition) is 4. The molecular weight excluding hydrogens is 288 g/mol. The lowest BCUT2D eigenvalue weighted by Crippen LogP contribution is -2.52. The van der Waals surface area contributed by atoms with E-state index >= 15 is 0 Å². The molecule has 1 N–H and O–H groups in total. The Bertz CT molecular complexity index is 344. The van der Waals surface area contributed by atoms with Crippen molar-refractivity contribution in [1.29, 1.82) is 0 Å². The van der Waals surface area contributed by atoms with Gasteiger partial charge in [0.1, 0.15) is 6.04 Å². The fourth-order valence-corrected chi connectivity index (χ4v) is 3.59. The van der Waals surface area contributed by atoms with Crippen LogP contribution in [0.1, 0.15) is 47.0 Å². The second-order valence-electron chi connectivity index (χ2n) is 5.68. The van der Waals surface area contributed by atoms with Crippen LogP contribution >= 0.6 is 11.8 Å². The molecule has 1 rings (SSSR count). The maximum atomic E-state index is 12.6. The average molecular weight is 316 g/mol. The summed E-state index contributed by atoms with van der Waals surface area (Å²) in [6.45, 7) is 10.1. The first-order valence-electron chi connectivity index (χ1n) is 7.83. The van der Waals surface area contributed by atoms with Gasteiger partial charge in [-0.25, -0.2) is 4.79 Å². The average Bonchev–Trinajstić information content (AvgIpc) is 2.94. The number of carbonyl (C=O) groups excluding carboxylic acids is 2. The summed E-state index contributed by atoms with van der Waals surface area (Å²) in [6, 6.07) is -0.514. The van der Waals surface area contributed by atoms with E-state index in [1.165, 1.54) is 0 Å². The van der Waals surface area contributed by atoms with Gasteiger partial charge in [0, 0.05) is 18.3 Å². The molecule has 0 spiro atoms. The van der Waals surface area contributed by atoms with Gasteiger partial charge in [0.05, 0.1) is 6.61 Å². The third-order valence-electron chi connectivity index (χ3n) is 3.35. The zero-order chi connectivity index (χ0) is 15.8. The number of alkyl carbamates (subject to hydrolysis) is 1. The fraction of sp³-hybridized carbons (Fsp3) is 0.867. The summed E-state index contributed by atoms with van der Waals surface area (Å²) < 4.78 is 5.06. The number of amides is 2.